The Kier molecular flexibility index (Phi) is 5.64. The zero-order valence-corrected chi connectivity index (χ0v) is 19.0. The molecule has 8 nitrogen and oxygen atoms in total. The van der Waals surface area contributed by atoms with Gasteiger partial charge in [0.2, 0.25) is 5.95 Å². The number of carbonyl (C=O) groups is 1. The van der Waals surface area contributed by atoms with E-state index in [1.54, 1.807) is 6.20 Å². The van der Waals surface area contributed by atoms with Crippen molar-refractivity contribution in [1.82, 2.24) is 15.3 Å². The van der Waals surface area contributed by atoms with Crippen molar-refractivity contribution in [3.05, 3.63) is 60.4 Å². The molecule has 1 aromatic heterocycles. The smallest absolute Gasteiger partial charge is 0.319 e. The molecule has 0 spiro atoms. The summed E-state index contributed by atoms with van der Waals surface area (Å²) in [4.78, 5) is 21.7. The topological polar surface area (TPSA) is 97.4 Å². The van der Waals surface area contributed by atoms with E-state index < -0.39 is 0 Å². The van der Waals surface area contributed by atoms with Gasteiger partial charge in [-0.15, -0.1) is 0 Å². The van der Waals surface area contributed by atoms with Crippen molar-refractivity contribution >= 4 is 28.4 Å². The Hall–Kier alpha value is -3.23. The lowest BCUT2D eigenvalue weighted by Gasteiger charge is -2.21. The summed E-state index contributed by atoms with van der Waals surface area (Å²) in [6, 6.07) is 15.1. The number of benzene rings is 2. The molecule has 0 radical (unpaired) electrons. The zero-order chi connectivity index (χ0) is 23.0. The number of hydrogen-bond donors (Lipinski definition) is 3. The van der Waals surface area contributed by atoms with Crippen LogP contribution in [0.3, 0.4) is 0 Å². The normalized spacial score (nSPS) is 24.5. The zero-order valence-electron chi connectivity index (χ0n) is 19.0. The minimum atomic E-state index is -0.276. The number of hydrogen-bond acceptors (Lipinski definition) is 6. The minimum Gasteiger partial charge on any atom is -0.371 e. The van der Waals surface area contributed by atoms with E-state index in [-0.39, 0.29) is 35.7 Å². The molecule has 0 bridgehead atoms. The highest BCUT2D eigenvalue weighted by Crippen LogP contribution is 2.29. The van der Waals surface area contributed by atoms with Crippen molar-refractivity contribution in [2.45, 2.75) is 50.5 Å². The number of rotatable bonds is 4. The van der Waals surface area contributed by atoms with E-state index in [1.165, 1.54) is 0 Å². The first kappa shape index (κ1) is 21.6. The maximum atomic E-state index is 12.7. The van der Waals surface area contributed by atoms with Gasteiger partial charge in [-0.1, -0.05) is 57.2 Å². The van der Waals surface area contributed by atoms with Gasteiger partial charge >= 0.3 is 6.03 Å². The van der Waals surface area contributed by atoms with Crippen molar-refractivity contribution in [2.75, 3.05) is 23.8 Å². The van der Waals surface area contributed by atoms with E-state index in [0.717, 1.165) is 22.2 Å². The third kappa shape index (κ3) is 4.49. The van der Waals surface area contributed by atoms with Gasteiger partial charge in [-0.25, -0.2) is 14.8 Å². The van der Waals surface area contributed by atoms with Crippen LogP contribution in [0.1, 0.15) is 26.5 Å². The summed E-state index contributed by atoms with van der Waals surface area (Å²) in [5, 5.41) is 11.4. The lowest BCUT2D eigenvalue weighted by atomic mass is 9.92. The summed E-state index contributed by atoms with van der Waals surface area (Å²) >= 11 is 0. The number of amides is 2. The second-order valence-corrected chi connectivity index (χ2v) is 9.59. The van der Waals surface area contributed by atoms with Crippen molar-refractivity contribution in [3.8, 4) is 0 Å². The molecule has 2 aliphatic heterocycles. The van der Waals surface area contributed by atoms with Crippen LogP contribution < -0.4 is 16.0 Å². The fourth-order valence-corrected chi connectivity index (χ4v) is 4.42. The summed E-state index contributed by atoms with van der Waals surface area (Å²) in [7, 11) is 0. The summed E-state index contributed by atoms with van der Waals surface area (Å²) in [6.07, 6.45) is 1.35. The standard InChI is InChI=1S/C25H29N5O3/c1-25(2,3)20-11-12-26-23(30-20)27-18-13-32-22-19(14-33-21(18)22)29-24(31)28-17-10-6-8-15-7-4-5-9-16(15)17/h4-12,18-19,21-22H,13-14H2,1-3H3,(H,26,27,30)(H2,28,29,31)/t18-,19-,21+,22+/m0/s1. The Labute approximate surface area is 193 Å². The molecular formula is C25H29N5O3. The summed E-state index contributed by atoms with van der Waals surface area (Å²) in [6.45, 7) is 7.20. The highest BCUT2D eigenvalue weighted by Gasteiger charge is 2.48. The quantitative estimate of drug-likeness (QED) is 0.564. The molecule has 2 saturated heterocycles. The van der Waals surface area contributed by atoms with Crippen molar-refractivity contribution in [1.29, 1.82) is 0 Å². The molecule has 0 aliphatic carbocycles. The number of urea groups is 1. The van der Waals surface area contributed by atoms with Crippen molar-refractivity contribution < 1.29 is 14.3 Å². The molecule has 33 heavy (non-hydrogen) atoms. The molecule has 8 heteroatoms. The largest absolute Gasteiger partial charge is 0.371 e. The third-order valence-electron chi connectivity index (χ3n) is 6.15. The Morgan fingerprint density at radius 1 is 0.970 bits per heavy atom. The van der Waals surface area contributed by atoms with Gasteiger partial charge in [-0.3, -0.25) is 0 Å². The first-order valence-corrected chi connectivity index (χ1v) is 11.3. The molecule has 3 aromatic rings. The van der Waals surface area contributed by atoms with Crippen LogP contribution in [-0.2, 0) is 14.9 Å². The van der Waals surface area contributed by atoms with Gasteiger partial charge in [-0.2, -0.15) is 0 Å². The maximum absolute atomic E-state index is 12.7. The fraction of sp³-hybridized carbons (Fsp3) is 0.400. The van der Waals surface area contributed by atoms with Crippen LogP contribution in [0.2, 0.25) is 0 Å². The molecule has 172 valence electrons. The summed E-state index contributed by atoms with van der Waals surface area (Å²) in [5.74, 6) is 0.561. The number of carbonyl (C=O) groups excluding carboxylic acids is 1. The first-order chi connectivity index (χ1) is 15.9. The molecule has 2 aliphatic rings. The Morgan fingerprint density at radius 3 is 2.52 bits per heavy atom. The second-order valence-electron chi connectivity index (χ2n) is 9.59. The van der Waals surface area contributed by atoms with Gasteiger partial charge in [0, 0.05) is 17.0 Å². The number of fused-ring (bicyclic) bond motifs is 2. The van der Waals surface area contributed by atoms with Gasteiger partial charge in [0.05, 0.1) is 36.7 Å². The summed E-state index contributed by atoms with van der Waals surface area (Å²) in [5.41, 5.74) is 1.67. The van der Waals surface area contributed by atoms with Gasteiger partial charge in [0.1, 0.15) is 12.2 Å². The van der Waals surface area contributed by atoms with Crippen LogP contribution in [0.4, 0.5) is 16.4 Å². The summed E-state index contributed by atoms with van der Waals surface area (Å²) < 4.78 is 12.0. The average Bonchev–Trinajstić information content (AvgIpc) is 3.37. The van der Waals surface area contributed by atoms with Gasteiger partial charge < -0.3 is 25.4 Å². The highest BCUT2D eigenvalue weighted by atomic mass is 16.6. The Bertz CT molecular complexity index is 1160. The molecule has 4 atom stereocenters. The molecule has 2 fully saturated rings. The lowest BCUT2D eigenvalue weighted by molar-refractivity contribution is 0.0683. The molecule has 5 rings (SSSR count). The molecule has 0 unspecified atom stereocenters. The van der Waals surface area contributed by atoms with E-state index in [9.17, 15) is 4.79 Å². The molecule has 0 saturated carbocycles. The molecule has 2 aromatic carbocycles. The van der Waals surface area contributed by atoms with Crippen LogP contribution in [0.5, 0.6) is 0 Å². The van der Waals surface area contributed by atoms with Crippen molar-refractivity contribution in [3.63, 3.8) is 0 Å². The SMILES string of the molecule is CC(C)(C)c1ccnc(N[C@H]2CO[C@H]3[C@@H]2OC[C@@H]3NC(=O)Nc2cccc3ccccc23)n1. The van der Waals surface area contributed by atoms with E-state index >= 15 is 0 Å². The van der Waals surface area contributed by atoms with Crippen LogP contribution >= 0.6 is 0 Å². The Morgan fingerprint density at radius 2 is 1.70 bits per heavy atom. The van der Waals surface area contributed by atoms with E-state index in [2.05, 4.69) is 46.7 Å². The molecular weight excluding hydrogens is 418 g/mol. The molecule has 3 heterocycles. The average molecular weight is 448 g/mol. The lowest BCUT2D eigenvalue weighted by Crippen LogP contribution is -2.46. The predicted molar refractivity (Wildman–Crippen MR) is 128 cm³/mol. The number of nitrogens with zero attached hydrogens (tertiary/aromatic N) is 2. The minimum absolute atomic E-state index is 0.0651. The van der Waals surface area contributed by atoms with Crippen LogP contribution in [0, 0.1) is 0 Å². The fourth-order valence-electron chi connectivity index (χ4n) is 4.42. The highest BCUT2D eigenvalue weighted by molar-refractivity contribution is 6.01. The number of anilines is 2. The van der Waals surface area contributed by atoms with Gasteiger partial charge in [0.25, 0.3) is 0 Å². The van der Waals surface area contributed by atoms with E-state index in [1.807, 2.05) is 48.5 Å². The van der Waals surface area contributed by atoms with Crippen LogP contribution in [0.15, 0.2) is 54.7 Å². The van der Waals surface area contributed by atoms with Crippen LogP contribution in [-0.4, -0.2) is 53.5 Å². The van der Waals surface area contributed by atoms with E-state index in [4.69, 9.17) is 9.47 Å². The monoisotopic (exact) mass is 447 g/mol. The first-order valence-electron chi connectivity index (χ1n) is 11.3. The van der Waals surface area contributed by atoms with Crippen LogP contribution in [0.25, 0.3) is 10.8 Å². The predicted octanol–water partition coefficient (Wildman–Crippen LogP) is 3.70. The van der Waals surface area contributed by atoms with E-state index in [0.29, 0.717) is 19.2 Å². The third-order valence-corrected chi connectivity index (χ3v) is 6.15. The number of nitrogens with one attached hydrogen (secondary N) is 3. The van der Waals surface area contributed by atoms with Gasteiger partial charge in [-0.05, 0) is 17.5 Å². The molecule has 2 amide bonds. The van der Waals surface area contributed by atoms with Crippen molar-refractivity contribution in [2.24, 2.45) is 0 Å². The van der Waals surface area contributed by atoms with Gasteiger partial charge in [0.15, 0.2) is 0 Å². The number of aromatic nitrogens is 2. The number of ether oxygens (including phenoxy) is 2. The Balaban J connectivity index is 1.21. The maximum Gasteiger partial charge on any atom is 0.319 e. The molecule has 3 N–H and O–H groups in total. The second kappa shape index (κ2) is 8.61.